The Kier molecular flexibility index (Phi) is 13.1. The number of carbonyl (C=O) groups is 2. The number of hydrogen-bond donors (Lipinski definition) is 3. The van der Waals surface area contributed by atoms with E-state index in [9.17, 15) is 9.59 Å². The molecule has 12 heteroatoms. The largest absolute Gasteiger partial charge is 0.377 e. The third-order valence-corrected chi connectivity index (χ3v) is 8.70. The van der Waals surface area contributed by atoms with Crippen molar-refractivity contribution in [2.45, 2.75) is 30.2 Å². The first-order valence-electron chi connectivity index (χ1n) is 14.2. The van der Waals surface area contributed by atoms with Gasteiger partial charge in [-0.05, 0) is 84.4 Å². The van der Waals surface area contributed by atoms with Crippen LogP contribution in [0.1, 0.15) is 41.0 Å². The fourth-order valence-corrected chi connectivity index (χ4v) is 6.43. The average molecular weight is 637 g/mol. The molecule has 3 amide bonds. The van der Waals surface area contributed by atoms with Crippen molar-refractivity contribution in [3.8, 4) is 0 Å². The van der Waals surface area contributed by atoms with Crippen LogP contribution in [0.25, 0.3) is 6.08 Å². The molecule has 2 heterocycles. The summed E-state index contributed by atoms with van der Waals surface area (Å²) in [7, 11) is 2.13. The summed E-state index contributed by atoms with van der Waals surface area (Å²) >= 11 is 14.6. The van der Waals surface area contributed by atoms with E-state index in [4.69, 9.17) is 32.7 Å². The second kappa shape index (κ2) is 17.0. The molecule has 0 saturated carbocycles. The molecule has 0 radical (unpaired) electrons. The highest BCUT2D eigenvalue weighted by molar-refractivity contribution is 7.97. The maximum absolute atomic E-state index is 11.7. The number of nitrogens with one attached hydrogen (secondary N) is 3. The molecule has 0 aliphatic carbocycles. The van der Waals surface area contributed by atoms with Gasteiger partial charge in [0.05, 0.1) is 33.0 Å². The first kappa shape index (κ1) is 32.4. The van der Waals surface area contributed by atoms with Crippen LogP contribution in [-0.4, -0.2) is 87.8 Å². The highest BCUT2D eigenvalue weighted by atomic mass is 35.5. The summed E-state index contributed by atoms with van der Waals surface area (Å²) in [4.78, 5) is 25.4. The van der Waals surface area contributed by atoms with E-state index in [1.165, 1.54) is 21.6 Å². The number of likely N-dealkylation sites (N-methyl/N-ethyl adjacent to an activating group) is 1. The van der Waals surface area contributed by atoms with Gasteiger partial charge in [-0.1, -0.05) is 29.3 Å². The average Bonchev–Trinajstić information content (AvgIpc) is 2.98. The van der Waals surface area contributed by atoms with Gasteiger partial charge in [-0.3, -0.25) is 4.79 Å². The number of ether oxygens (including phenoxy) is 2. The van der Waals surface area contributed by atoms with Crippen molar-refractivity contribution >= 4 is 53.7 Å². The molecule has 0 fully saturated rings. The molecule has 3 N–H and O–H groups in total. The molecule has 1 unspecified atom stereocenters. The molecule has 228 valence electrons. The fraction of sp³-hybridized carbons (Fsp3) is 0.467. The molecule has 2 aliphatic heterocycles. The maximum atomic E-state index is 11.7. The smallest absolute Gasteiger partial charge is 0.314 e. The van der Waals surface area contributed by atoms with Crippen LogP contribution in [0.2, 0.25) is 10.0 Å². The van der Waals surface area contributed by atoms with Gasteiger partial charge in [0.2, 0.25) is 6.41 Å². The SMILES string of the molecule is CN1Cc2c(Cl)cc(Cl)cc2C(c2ccc3c(c2)C=CN(CCOCCOCCNC(=O)NCCCCNC=O)S3)C1. The summed E-state index contributed by atoms with van der Waals surface area (Å²) < 4.78 is 13.4. The van der Waals surface area contributed by atoms with Crippen molar-refractivity contribution < 1.29 is 19.1 Å². The van der Waals surface area contributed by atoms with Gasteiger partial charge < -0.3 is 34.6 Å². The lowest BCUT2D eigenvalue weighted by molar-refractivity contribution is -0.109. The van der Waals surface area contributed by atoms with Gasteiger partial charge in [-0.15, -0.1) is 0 Å². The molecule has 2 aromatic rings. The van der Waals surface area contributed by atoms with E-state index in [1.54, 1.807) is 11.9 Å². The van der Waals surface area contributed by atoms with Crippen LogP contribution in [0.15, 0.2) is 41.4 Å². The number of rotatable bonds is 16. The molecule has 0 bridgehead atoms. The first-order chi connectivity index (χ1) is 20.4. The molecule has 0 saturated heterocycles. The molecular formula is C30H39Cl2N5O4S. The number of nitrogens with zero attached hydrogens (tertiary/aromatic N) is 2. The van der Waals surface area contributed by atoms with Gasteiger partial charge in [0.25, 0.3) is 0 Å². The number of benzene rings is 2. The molecular weight excluding hydrogens is 597 g/mol. The van der Waals surface area contributed by atoms with Crippen molar-refractivity contribution in [3.05, 3.63) is 68.8 Å². The fourth-order valence-electron chi connectivity index (χ4n) is 4.96. The Morgan fingerprint density at radius 1 is 1.05 bits per heavy atom. The van der Waals surface area contributed by atoms with Gasteiger partial charge in [0.15, 0.2) is 0 Å². The third-order valence-electron chi connectivity index (χ3n) is 7.04. The quantitative estimate of drug-likeness (QED) is 0.140. The Bertz CT molecular complexity index is 1230. The standard InChI is InChI=1S/C30H39Cl2N5O4S/c1-36-19-26(25-17-24(31)18-28(32)27(25)20-36)22-4-5-29-23(16-22)6-10-37(42-29)11-13-41-15-14-40-12-9-35-30(39)34-8-3-2-7-33-21-38/h4-6,10,16-18,21,26H,2-3,7-9,11-15,19-20H2,1H3,(H,33,38)(H2,34,35,39). The van der Waals surface area contributed by atoms with E-state index in [1.807, 2.05) is 6.07 Å². The lowest BCUT2D eigenvalue weighted by atomic mass is 9.84. The number of amides is 3. The van der Waals surface area contributed by atoms with Crippen molar-refractivity contribution in [1.29, 1.82) is 0 Å². The minimum Gasteiger partial charge on any atom is -0.377 e. The molecule has 0 aromatic heterocycles. The second-order valence-corrected chi connectivity index (χ2v) is 12.2. The highest BCUT2D eigenvalue weighted by Gasteiger charge is 2.28. The van der Waals surface area contributed by atoms with E-state index >= 15 is 0 Å². The molecule has 2 aromatic carbocycles. The van der Waals surface area contributed by atoms with Crippen LogP contribution in [-0.2, 0) is 20.8 Å². The molecule has 1 atom stereocenters. The minimum atomic E-state index is -0.218. The summed E-state index contributed by atoms with van der Waals surface area (Å²) in [5, 5.41) is 9.53. The normalized spacial score (nSPS) is 16.1. The molecule has 4 rings (SSSR count). The van der Waals surface area contributed by atoms with E-state index < -0.39 is 0 Å². The Hall–Kier alpha value is -2.47. The summed E-state index contributed by atoms with van der Waals surface area (Å²) in [6.07, 6.45) is 6.57. The number of urea groups is 1. The summed E-state index contributed by atoms with van der Waals surface area (Å²) in [6, 6.07) is 10.4. The predicted molar refractivity (Wildman–Crippen MR) is 169 cm³/mol. The number of halogens is 2. The van der Waals surface area contributed by atoms with E-state index in [-0.39, 0.29) is 11.9 Å². The third kappa shape index (κ3) is 9.79. The minimum absolute atomic E-state index is 0.216. The molecule has 0 spiro atoms. The number of carbonyl (C=O) groups excluding carboxylic acids is 2. The highest BCUT2D eigenvalue weighted by Crippen LogP contribution is 2.40. The molecule has 42 heavy (non-hydrogen) atoms. The van der Waals surface area contributed by atoms with E-state index in [0.717, 1.165) is 43.1 Å². The van der Waals surface area contributed by atoms with Crippen LogP contribution in [0, 0.1) is 0 Å². The Morgan fingerprint density at radius 2 is 1.83 bits per heavy atom. The maximum Gasteiger partial charge on any atom is 0.314 e. The predicted octanol–water partition coefficient (Wildman–Crippen LogP) is 4.72. The lowest BCUT2D eigenvalue weighted by Crippen LogP contribution is -2.38. The second-order valence-electron chi connectivity index (χ2n) is 10.2. The first-order valence-corrected chi connectivity index (χ1v) is 15.7. The van der Waals surface area contributed by atoms with Crippen LogP contribution in [0.5, 0.6) is 0 Å². The summed E-state index contributed by atoms with van der Waals surface area (Å²) in [6.45, 7) is 6.09. The van der Waals surface area contributed by atoms with E-state index in [2.05, 4.69) is 68.7 Å². The number of unbranched alkanes of at least 4 members (excludes halogenated alkanes) is 1. The Balaban J connectivity index is 1.11. The van der Waals surface area contributed by atoms with Gasteiger partial charge in [0, 0.05) is 59.8 Å². The van der Waals surface area contributed by atoms with Crippen molar-refractivity contribution in [2.24, 2.45) is 0 Å². The monoisotopic (exact) mass is 635 g/mol. The molecule has 2 aliphatic rings. The number of hydrogen-bond acceptors (Lipinski definition) is 7. The van der Waals surface area contributed by atoms with Crippen LogP contribution < -0.4 is 16.0 Å². The van der Waals surface area contributed by atoms with Crippen LogP contribution in [0.4, 0.5) is 4.79 Å². The topological polar surface area (TPSA) is 95.2 Å². The summed E-state index contributed by atoms with van der Waals surface area (Å²) in [5.74, 6) is 0.216. The zero-order valence-electron chi connectivity index (χ0n) is 23.9. The van der Waals surface area contributed by atoms with Crippen molar-refractivity contribution in [3.63, 3.8) is 0 Å². The van der Waals surface area contributed by atoms with Crippen LogP contribution >= 0.6 is 35.1 Å². The van der Waals surface area contributed by atoms with Gasteiger partial charge in [-0.25, -0.2) is 4.79 Å². The zero-order chi connectivity index (χ0) is 29.7. The lowest BCUT2D eigenvalue weighted by Gasteiger charge is -2.34. The molecule has 9 nitrogen and oxygen atoms in total. The van der Waals surface area contributed by atoms with E-state index in [0.29, 0.717) is 57.5 Å². The van der Waals surface area contributed by atoms with Gasteiger partial charge in [-0.2, -0.15) is 0 Å². The van der Waals surface area contributed by atoms with Gasteiger partial charge in [0.1, 0.15) is 0 Å². The zero-order valence-corrected chi connectivity index (χ0v) is 26.2. The van der Waals surface area contributed by atoms with Gasteiger partial charge >= 0.3 is 6.03 Å². The van der Waals surface area contributed by atoms with Crippen molar-refractivity contribution in [1.82, 2.24) is 25.2 Å². The van der Waals surface area contributed by atoms with Crippen LogP contribution in [0.3, 0.4) is 0 Å². The van der Waals surface area contributed by atoms with Crippen molar-refractivity contribution in [2.75, 3.05) is 66.2 Å². The Morgan fingerprint density at radius 3 is 2.67 bits per heavy atom. The number of fused-ring (bicyclic) bond motifs is 2. The Labute approximate surface area is 262 Å². The summed E-state index contributed by atoms with van der Waals surface area (Å²) in [5.41, 5.74) is 4.85.